The molecule has 25 heavy (non-hydrogen) atoms. The average molecular weight is 335 g/mol. The van der Waals surface area contributed by atoms with E-state index >= 15 is 0 Å². The van der Waals surface area contributed by atoms with Crippen LogP contribution in [0.1, 0.15) is 45.0 Å². The lowest BCUT2D eigenvalue weighted by atomic mass is 9.89. The van der Waals surface area contributed by atoms with Crippen molar-refractivity contribution in [2.45, 2.75) is 39.3 Å². The Balaban J connectivity index is 1.65. The highest BCUT2D eigenvalue weighted by Crippen LogP contribution is 2.31. The Morgan fingerprint density at radius 3 is 2.84 bits per heavy atom. The molecule has 2 aromatic carbocycles. The molecule has 1 atom stereocenters. The normalized spacial score (nSPS) is 18.9. The number of ether oxygens (including phenoxy) is 1. The number of rotatable bonds is 3. The van der Waals surface area contributed by atoms with E-state index in [2.05, 4.69) is 55.6 Å². The van der Waals surface area contributed by atoms with Crippen molar-refractivity contribution < 1.29 is 9.84 Å². The van der Waals surface area contributed by atoms with E-state index in [-0.39, 0.29) is 12.6 Å². The van der Waals surface area contributed by atoms with Crippen LogP contribution in [0, 0.1) is 13.8 Å². The zero-order valence-electron chi connectivity index (χ0n) is 14.9. The van der Waals surface area contributed by atoms with Crippen molar-refractivity contribution in [1.82, 2.24) is 5.32 Å². The molecule has 4 rings (SSSR count). The molecule has 0 bridgehead atoms. The van der Waals surface area contributed by atoms with Crippen LogP contribution in [0.4, 0.5) is 0 Å². The molecular formula is C22H25NO2. The molecule has 0 radical (unpaired) electrons. The fourth-order valence-electron chi connectivity index (χ4n) is 3.88. The first kappa shape index (κ1) is 16.4. The van der Waals surface area contributed by atoms with Gasteiger partial charge in [0.1, 0.15) is 5.75 Å². The van der Waals surface area contributed by atoms with E-state index in [9.17, 15) is 5.11 Å². The van der Waals surface area contributed by atoms with Gasteiger partial charge in [0, 0.05) is 13.0 Å². The summed E-state index contributed by atoms with van der Waals surface area (Å²) in [6.07, 6.45) is 6.51. The molecule has 2 N–H and O–H groups in total. The molecule has 0 fully saturated rings. The van der Waals surface area contributed by atoms with Crippen LogP contribution in [-0.2, 0) is 19.4 Å². The largest absolute Gasteiger partial charge is 0.493 e. The van der Waals surface area contributed by atoms with Gasteiger partial charge >= 0.3 is 0 Å². The molecule has 0 saturated carbocycles. The number of fused-ring (bicyclic) bond motifs is 2. The van der Waals surface area contributed by atoms with Gasteiger partial charge < -0.3 is 15.2 Å². The van der Waals surface area contributed by atoms with Gasteiger partial charge in [0.25, 0.3) is 0 Å². The van der Waals surface area contributed by atoms with Gasteiger partial charge in [-0.05, 0) is 71.3 Å². The first-order valence-electron chi connectivity index (χ1n) is 9.07. The Labute approximate surface area is 149 Å². The predicted molar refractivity (Wildman–Crippen MR) is 101 cm³/mol. The third-order valence-electron chi connectivity index (χ3n) is 5.41. The average Bonchev–Trinajstić information content (AvgIpc) is 3.06. The van der Waals surface area contributed by atoms with Crippen molar-refractivity contribution >= 4 is 6.08 Å². The summed E-state index contributed by atoms with van der Waals surface area (Å²) in [5.74, 6) is 1.04. The molecular weight excluding hydrogens is 310 g/mol. The molecule has 3 nitrogen and oxygen atoms in total. The van der Waals surface area contributed by atoms with E-state index in [0.717, 1.165) is 37.3 Å². The van der Waals surface area contributed by atoms with Crippen LogP contribution in [0.5, 0.6) is 5.75 Å². The van der Waals surface area contributed by atoms with Crippen LogP contribution in [-0.4, -0.2) is 18.3 Å². The molecule has 0 aliphatic carbocycles. The second-order valence-electron chi connectivity index (χ2n) is 7.09. The molecule has 0 amide bonds. The number of aliphatic hydroxyl groups is 1. The zero-order valence-corrected chi connectivity index (χ0v) is 14.9. The number of hydrogen-bond acceptors (Lipinski definition) is 3. The smallest absolute Gasteiger partial charge is 0.122 e. The fraction of sp³-hybridized carbons (Fsp3) is 0.364. The van der Waals surface area contributed by atoms with Gasteiger partial charge in [-0.25, -0.2) is 0 Å². The topological polar surface area (TPSA) is 41.5 Å². The zero-order chi connectivity index (χ0) is 17.4. The van der Waals surface area contributed by atoms with Crippen molar-refractivity contribution in [3.63, 3.8) is 0 Å². The summed E-state index contributed by atoms with van der Waals surface area (Å²) in [7, 11) is 0. The Morgan fingerprint density at radius 2 is 2.00 bits per heavy atom. The van der Waals surface area contributed by atoms with E-state index in [4.69, 9.17) is 4.74 Å². The second kappa shape index (κ2) is 6.66. The summed E-state index contributed by atoms with van der Waals surface area (Å²) in [5, 5.41) is 13.2. The summed E-state index contributed by atoms with van der Waals surface area (Å²) in [4.78, 5) is 0. The first-order chi connectivity index (χ1) is 12.2. The maximum atomic E-state index is 9.59. The van der Waals surface area contributed by atoms with Crippen molar-refractivity contribution in [2.75, 3.05) is 13.2 Å². The Kier molecular flexibility index (Phi) is 4.36. The van der Waals surface area contributed by atoms with Gasteiger partial charge in [0.05, 0.1) is 19.3 Å². The lowest BCUT2D eigenvalue weighted by molar-refractivity contribution is 0.280. The number of nitrogens with one attached hydrogen (secondary N) is 1. The summed E-state index contributed by atoms with van der Waals surface area (Å²) >= 11 is 0. The molecule has 0 saturated heterocycles. The van der Waals surface area contributed by atoms with Crippen molar-refractivity contribution in [1.29, 1.82) is 0 Å². The minimum absolute atomic E-state index is 0.0967. The quantitative estimate of drug-likeness (QED) is 0.900. The summed E-state index contributed by atoms with van der Waals surface area (Å²) in [6, 6.07) is 9.00. The van der Waals surface area contributed by atoms with E-state index in [0.29, 0.717) is 0 Å². The van der Waals surface area contributed by atoms with E-state index in [1.807, 2.05) is 0 Å². The summed E-state index contributed by atoms with van der Waals surface area (Å²) in [5.41, 5.74) is 8.69. The number of aryl methyl sites for hydroxylation is 2. The van der Waals surface area contributed by atoms with E-state index in [1.165, 1.54) is 33.4 Å². The van der Waals surface area contributed by atoms with E-state index in [1.54, 1.807) is 0 Å². The van der Waals surface area contributed by atoms with Gasteiger partial charge in [-0.15, -0.1) is 0 Å². The van der Waals surface area contributed by atoms with Crippen LogP contribution in [0.25, 0.3) is 6.08 Å². The Bertz CT molecular complexity index is 838. The molecule has 0 aromatic heterocycles. The lowest BCUT2D eigenvalue weighted by Gasteiger charge is -2.26. The number of hydrogen-bond donors (Lipinski definition) is 2. The monoisotopic (exact) mass is 335 g/mol. The molecule has 1 unspecified atom stereocenters. The van der Waals surface area contributed by atoms with Crippen LogP contribution in [0.2, 0.25) is 0 Å². The minimum Gasteiger partial charge on any atom is -0.493 e. The van der Waals surface area contributed by atoms with Crippen LogP contribution in [0.3, 0.4) is 0 Å². The molecule has 0 spiro atoms. The molecule has 2 aliphatic rings. The molecule has 2 heterocycles. The third kappa shape index (κ3) is 3.10. The lowest BCUT2D eigenvalue weighted by Crippen LogP contribution is -2.28. The predicted octanol–water partition coefficient (Wildman–Crippen LogP) is 3.63. The Hall–Kier alpha value is -2.10. The Morgan fingerprint density at radius 1 is 1.12 bits per heavy atom. The molecule has 2 aliphatic heterocycles. The van der Waals surface area contributed by atoms with E-state index < -0.39 is 0 Å². The highest BCUT2D eigenvalue weighted by atomic mass is 16.5. The van der Waals surface area contributed by atoms with Gasteiger partial charge in [0.2, 0.25) is 0 Å². The maximum Gasteiger partial charge on any atom is 0.122 e. The highest BCUT2D eigenvalue weighted by Gasteiger charge is 2.19. The van der Waals surface area contributed by atoms with Crippen LogP contribution < -0.4 is 10.1 Å². The van der Waals surface area contributed by atoms with Crippen LogP contribution >= 0.6 is 0 Å². The standard InChI is InChI=1S/C22H25NO2/c1-14-9-17-5-7-23-21(20(17)12-19(14)13-24)4-3-16-11-18-6-8-25-22(18)10-15(16)2/h3-4,9-12,21,23-24H,5-8,13H2,1-2H3/b4-3+. The molecule has 2 aromatic rings. The SMILES string of the molecule is Cc1cc2c(cc1/C=C/C1NCCc3cc(C)c(CO)cc31)CCO2. The van der Waals surface area contributed by atoms with Crippen molar-refractivity contribution in [3.8, 4) is 5.75 Å². The molecule has 130 valence electrons. The van der Waals surface area contributed by atoms with Crippen molar-refractivity contribution in [2.24, 2.45) is 0 Å². The maximum absolute atomic E-state index is 9.59. The minimum atomic E-state index is 0.0967. The van der Waals surface area contributed by atoms with Gasteiger partial charge in [-0.2, -0.15) is 0 Å². The molecule has 3 heteroatoms. The fourth-order valence-corrected chi connectivity index (χ4v) is 3.88. The first-order valence-corrected chi connectivity index (χ1v) is 9.07. The van der Waals surface area contributed by atoms with Gasteiger partial charge in [-0.3, -0.25) is 0 Å². The van der Waals surface area contributed by atoms with Gasteiger partial charge in [0.15, 0.2) is 0 Å². The highest BCUT2D eigenvalue weighted by molar-refractivity contribution is 5.60. The third-order valence-corrected chi connectivity index (χ3v) is 5.41. The summed E-state index contributed by atoms with van der Waals surface area (Å²) in [6.45, 7) is 6.09. The van der Waals surface area contributed by atoms with Crippen molar-refractivity contribution in [3.05, 3.63) is 69.3 Å². The number of benzene rings is 2. The van der Waals surface area contributed by atoms with Crippen LogP contribution in [0.15, 0.2) is 30.3 Å². The van der Waals surface area contributed by atoms with Gasteiger partial charge in [-0.1, -0.05) is 24.3 Å². The number of aliphatic hydroxyl groups excluding tert-OH is 1. The second-order valence-corrected chi connectivity index (χ2v) is 7.09. The summed E-state index contributed by atoms with van der Waals surface area (Å²) < 4.78 is 5.65.